The van der Waals surface area contributed by atoms with Gasteiger partial charge in [-0.15, -0.1) is 12.6 Å². The topological polar surface area (TPSA) is 47.6 Å². The summed E-state index contributed by atoms with van der Waals surface area (Å²) in [7, 11) is 0. The molecule has 0 aliphatic carbocycles. The summed E-state index contributed by atoms with van der Waals surface area (Å²) < 4.78 is 0. The average molecular weight is 162 g/mol. The van der Waals surface area contributed by atoms with E-state index in [1.54, 1.807) is 24.3 Å². The smallest absolute Gasteiger partial charge is 0.0991 e. The summed E-state index contributed by atoms with van der Waals surface area (Å²) >= 11 is 3.85. The Kier molecular flexibility index (Phi) is 2.29. The molecule has 0 aliphatic rings. The maximum Gasteiger partial charge on any atom is 0.0991 e. The second-order valence-electron chi connectivity index (χ2n) is 2.04. The summed E-state index contributed by atoms with van der Waals surface area (Å²) in [4.78, 5) is 0. The third-order valence-corrected chi connectivity index (χ3v) is 1.55. The van der Waals surface area contributed by atoms with Crippen molar-refractivity contribution in [1.82, 2.24) is 0 Å². The van der Waals surface area contributed by atoms with Crippen molar-refractivity contribution in [2.75, 3.05) is 0 Å². The fraction of sp³-hybridized carbons (Fsp3) is 0. The SMILES string of the molecule is N#Cc1ccc(C(=N)S)cc1. The third kappa shape index (κ3) is 1.82. The molecule has 0 bridgehead atoms. The Labute approximate surface area is 70.4 Å². The number of nitriles is 1. The van der Waals surface area contributed by atoms with Crippen LogP contribution >= 0.6 is 12.6 Å². The van der Waals surface area contributed by atoms with Crippen LogP contribution in [-0.4, -0.2) is 5.04 Å². The average Bonchev–Trinajstić information content (AvgIpc) is 2.05. The minimum Gasteiger partial charge on any atom is -0.294 e. The Morgan fingerprint density at radius 2 is 1.91 bits per heavy atom. The minimum absolute atomic E-state index is 0.217. The van der Waals surface area contributed by atoms with Crippen LogP contribution in [0.2, 0.25) is 0 Å². The first kappa shape index (κ1) is 7.83. The van der Waals surface area contributed by atoms with Crippen LogP contribution in [0, 0.1) is 16.7 Å². The Morgan fingerprint density at radius 1 is 1.36 bits per heavy atom. The van der Waals surface area contributed by atoms with Gasteiger partial charge in [0.25, 0.3) is 0 Å². The van der Waals surface area contributed by atoms with Crippen molar-refractivity contribution in [2.24, 2.45) is 0 Å². The predicted molar refractivity (Wildman–Crippen MR) is 47.0 cm³/mol. The summed E-state index contributed by atoms with van der Waals surface area (Å²) in [5.74, 6) is 0. The number of thiol groups is 1. The molecule has 1 rings (SSSR count). The van der Waals surface area contributed by atoms with Gasteiger partial charge in [-0.1, -0.05) is 12.1 Å². The van der Waals surface area contributed by atoms with E-state index < -0.39 is 0 Å². The molecular weight excluding hydrogens is 156 g/mol. The van der Waals surface area contributed by atoms with Crippen LogP contribution in [-0.2, 0) is 0 Å². The lowest BCUT2D eigenvalue weighted by atomic mass is 10.2. The number of rotatable bonds is 1. The maximum absolute atomic E-state index is 8.44. The minimum atomic E-state index is 0.217. The molecule has 0 fully saturated rings. The molecule has 11 heavy (non-hydrogen) atoms. The van der Waals surface area contributed by atoms with Crippen molar-refractivity contribution in [3.63, 3.8) is 0 Å². The van der Waals surface area contributed by atoms with Gasteiger partial charge in [0, 0.05) is 5.56 Å². The van der Waals surface area contributed by atoms with Gasteiger partial charge >= 0.3 is 0 Å². The van der Waals surface area contributed by atoms with E-state index in [-0.39, 0.29) is 5.04 Å². The van der Waals surface area contributed by atoms with E-state index in [0.717, 1.165) is 5.56 Å². The quantitative estimate of drug-likeness (QED) is 0.369. The molecule has 0 amide bonds. The molecule has 54 valence electrons. The molecule has 3 heteroatoms. The number of nitrogens with one attached hydrogen (secondary N) is 1. The third-order valence-electron chi connectivity index (χ3n) is 1.29. The highest BCUT2D eigenvalue weighted by Crippen LogP contribution is 2.05. The fourth-order valence-corrected chi connectivity index (χ4v) is 0.852. The number of benzene rings is 1. The maximum atomic E-state index is 8.44. The Balaban J connectivity index is 3.03. The summed E-state index contributed by atoms with van der Waals surface area (Å²) in [5.41, 5.74) is 1.33. The van der Waals surface area contributed by atoms with E-state index in [2.05, 4.69) is 12.6 Å². The van der Waals surface area contributed by atoms with Crippen molar-refractivity contribution in [2.45, 2.75) is 0 Å². The molecule has 0 heterocycles. The van der Waals surface area contributed by atoms with Gasteiger partial charge in [0.2, 0.25) is 0 Å². The highest BCUT2D eigenvalue weighted by molar-refractivity contribution is 7.97. The van der Waals surface area contributed by atoms with Crippen molar-refractivity contribution in [3.8, 4) is 6.07 Å². The van der Waals surface area contributed by atoms with Crippen molar-refractivity contribution >= 4 is 17.7 Å². The first-order valence-corrected chi connectivity index (χ1v) is 3.47. The zero-order valence-corrected chi connectivity index (χ0v) is 6.60. The van der Waals surface area contributed by atoms with Crippen LogP contribution in [0.5, 0.6) is 0 Å². The van der Waals surface area contributed by atoms with E-state index in [4.69, 9.17) is 10.7 Å². The molecule has 0 saturated heterocycles. The number of nitrogens with zero attached hydrogens (tertiary/aromatic N) is 1. The molecule has 0 radical (unpaired) electrons. The highest BCUT2D eigenvalue weighted by Gasteiger charge is 1.94. The van der Waals surface area contributed by atoms with Crippen molar-refractivity contribution in [3.05, 3.63) is 35.4 Å². The van der Waals surface area contributed by atoms with Gasteiger partial charge in [0.05, 0.1) is 16.7 Å². The molecule has 0 aromatic heterocycles. The molecule has 0 unspecified atom stereocenters. The van der Waals surface area contributed by atoms with Crippen molar-refractivity contribution in [1.29, 1.82) is 10.7 Å². The van der Waals surface area contributed by atoms with E-state index >= 15 is 0 Å². The zero-order valence-electron chi connectivity index (χ0n) is 5.70. The summed E-state index contributed by atoms with van der Waals surface area (Å²) in [6.45, 7) is 0. The molecule has 0 aliphatic heterocycles. The highest BCUT2D eigenvalue weighted by atomic mass is 32.1. The lowest BCUT2D eigenvalue weighted by molar-refractivity contribution is 1.47. The Morgan fingerprint density at radius 3 is 2.27 bits per heavy atom. The molecule has 1 aromatic carbocycles. The summed E-state index contributed by atoms with van der Waals surface area (Å²) in [5, 5.41) is 15.8. The van der Waals surface area contributed by atoms with E-state index in [1.807, 2.05) is 6.07 Å². The Bertz CT molecular complexity index is 308. The molecule has 2 nitrogen and oxygen atoms in total. The Hall–Kier alpha value is -1.27. The normalized spacial score (nSPS) is 8.73. The molecule has 0 saturated carbocycles. The second kappa shape index (κ2) is 3.22. The molecule has 0 atom stereocenters. The van der Waals surface area contributed by atoms with Crippen LogP contribution < -0.4 is 0 Å². The fourth-order valence-electron chi connectivity index (χ4n) is 0.703. The van der Waals surface area contributed by atoms with Crippen LogP contribution in [0.4, 0.5) is 0 Å². The number of hydrogen-bond donors (Lipinski definition) is 2. The van der Waals surface area contributed by atoms with Gasteiger partial charge in [0.1, 0.15) is 0 Å². The first-order chi connectivity index (χ1) is 5.24. The summed E-state index contributed by atoms with van der Waals surface area (Å²) in [6, 6.07) is 8.74. The standard InChI is InChI=1S/C8H6N2S/c9-5-6-1-3-7(4-2-6)8(10)11/h1-4H,(H2,10,11). The van der Waals surface area contributed by atoms with Gasteiger partial charge < -0.3 is 0 Å². The van der Waals surface area contributed by atoms with Crippen LogP contribution in [0.15, 0.2) is 24.3 Å². The monoisotopic (exact) mass is 162 g/mol. The van der Waals surface area contributed by atoms with Gasteiger partial charge in [-0.05, 0) is 12.1 Å². The van der Waals surface area contributed by atoms with Gasteiger partial charge in [0.15, 0.2) is 0 Å². The van der Waals surface area contributed by atoms with Gasteiger partial charge in [-0.25, -0.2) is 0 Å². The predicted octanol–water partition coefficient (Wildman–Crippen LogP) is 1.81. The summed E-state index contributed by atoms with van der Waals surface area (Å²) in [6.07, 6.45) is 0. The molecule has 1 aromatic rings. The lowest BCUT2D eigenvalue weighted by Crippen LogP contribution is -1.87. The molecule has 0 spiro atoms. The van der Waals surface area contributed by atoms with E-state index in [9.17, 15) is 0 Å². The van der Waals surface area contributed by atoms with Gasteiger partial charge in [-0.3, -0.25) is 5.41 Å². The van der Waals surface area contributed by atoms with Crippen LogP contribution in [0.25, 0.3) is 0 Å². The van der Waals surface area contributed by atoms with E-state index in [1.165, 1.54) is 0 Å². The first-order valence-electron chi connectivity index (χ1n) is 3.02. The van der Waals surface area contributed by atoms with Crippen molar-refractivity contribution < 1.29 is 0 Å². The van der Waals surface area contributed by atoms with Crippen LogP contribution in [0.1, 0.15) is 11.1 Å². The van der Waals surface area contributed by atoms with Gasteiger partial charge in [-0.2, -0.15) is 5.26 Å². The zero-order chi connectivity index (χ0) is 8.27. The van der Waals surface area contributed by atoms with E-state index in [0.29, 0.717) is 5.56 Å². The molecular formula is C8H6N2S. The lowest BCUT2D eigenvalue weighted by Gasteiger charge is -1.94. The second-order valence-corrected chi connectivity index (χ2v) is 2.48. The number of hydrogen-bond acceptors (Lipinski definition) is 2. The molecule has 1 N–H and O–H groups in total. The van der Waals surface area contributed by atoms with Crippen LogP contribution in [0.3, 0.4) is 0 Å². The largest absolute Gasteiger partial charge is 0.294 e.